The number of benzene rings is 5. The van der Waals surface area contributed by atoms with Gasteiger partial charge in [0, 0.05) is 97.6 Å². The fourth-order valence-electron chi connectivity index (χ4n) is 16.8. The first-order valence-electron chi connectivity index (χ1n) is 32.7. The van der Waals surface area contributed by atoms with E-state index < -0.39 is 17.2 Å². The molecule has 10 aliphatic rings. The van der Waals surface area contributed by atoms with E-state index in [-0.39, 0.29) is 16.2 Å². The van der Waals surface area contributed by atoms with Crippen molar-refractivity contribution < 1.29 is 28.7 Å². The van der Waals surface area contributed by atoms with Crippen LogP contribution in [-0.4, -0.2) is 97.8 Å². The number of aromatic nitrogens is 1. The Bertz CT molecular complexity index is 3940. The van der Waals surface area contributed by atoms with Crippen LogP contribution in [0.3, 0.4) is 0 Å². The van der Waals surface area contributed by atoms with E-state index in [0.717, 1.165) is 148 Å². The summed E-state index contributed by atoms with van der Waals surface area (Å²) >= 11 is 0. The first-order valence-corrected chi connectivity index (χ1v) is 32.7. The van der Waals surface area contributed by atoms with Gasteiger partial charge in [-0.25, -0.2) is 44.7 Å². The van der Waals surface area contributed by atoms with Crippen molar-refractivity contribution in [2.24, 2.45) is 54.3 Å². The monoisotopic (exact) mass is 1210 g/mol. The number of hydroxylamine groups is 6. The van der Waals surface area contributed by atoms with Crippen LogP contribution >= 0.6 is 0 Å². The van der Waals surface area contributed by atoms with E-state index in [1.165, 1.54) is 46.0 Å². The summed E-state index contributed by atoms with van der Waals surface area (Å²) in [5.41, 5.74) is 30.7. The second-order valence-electron chi connectivity index (χ2n) is 26.9. The lowest BCUT2D eigenvalue weighted by Gasteiger charge is -2.45. The summed E-state index contributed by atoms with van der Waals surface area (Å²) in [5.74, 6) is 8.63. The Hall–Kier alpha value is -7.74. The average molecular weight is 1210 g/mol. The van der Waals surface area contributed by atoms with E-state index in [1.807, 2.05) is 58.7 Å². The highest BCUT2D eigenvalue weighted by atomic mass is 16.7. The van der Waals surface area contributed by atoms with Crippen molar-refractivity contribution in [2.45, 2.75) is 158 Å². The molecule has 7 N–H and O–H groups in total. The summed E-state index contributed by atoms with van der Waals surface area (Å²) in [4.78, 5) is 37.7. The third-order valence-corrected chi connectivity index (χ3v) is 21.8. The molecular weight excluding hydrogens is 1130 g/mol. The lowest BCUT2D eigenvalue weighted by Crippen LogP contribution is -2.46. The molecule has 4 saturated carbocycles. The van der Waals surface area contributed by atoms with Gasteiger partial charge in [0.25, 0.3) is 0 Å². The molecule has 3 aliphatic heterocycles. The number of H-pyrrole nitrogens is 1. The number of nitrogens with zero attached hydrogens (tertiary/aromatic N) is 7. The first-order chi connectivity index (χ1) is 43.6. The molecule has 5 aromatic carbocycles. The zero-order valence-corrected chi connectivity index (χ0v) is 52.9. The highest BCUT2D eigenvalue weighted by Gasteiger charge is 2.66. The standard InChI is InChI=1S/2C25H28N4O2.C23H29N3O2/c1-29-23(26)28-25(31-29)21-13-17(18-4-3-16-9-12-27-22(16)14-18)5-6-19(21)15-24(25)10-7-20(30-2)8-11-24;1-3-30-21-9-11-24(12-10-21)15-20-8-7-19(18-6-4-5-17(13-18)16-26)14-22(20)25(24)28-23(27)29(2)31-25;1-3-27-19-10-12-22(13-11-19)15-18-9-8-17(7-6-16-4-5-16)14-20(18)23(22)25-21(24)26(2)28-23/h3-6,9,12-14,20,27H,7-8,10-11,15H2,1-2H3,(H2,26,28);4-8,13-14,21H,3,9-12,15H2,1-2H3,(H2,27,28);8-9,14,16,19H,3-5,10-13,15H2,1-2H3,(H2,24,25). The van der Waals surface area contributed by atoms with Crippen molar-refractivity contribution in [2.75, 3.05) is 41.5 Å². The Morgan fingerprint density at radius 3 is 1.42 bits per heavy atom. The molecule has 0 bridgehead atoms. The smallest absolute Gasteiger partial charge is 0.220 e. The second-order valence-corrected chi connectivity index (χ2v) is 26.9. The van der Waals surface area contributed by atoms with Crippen LogP contribution in [0.1, 0.15) is 148 Å². The Balaban J connectivity index is 0.000000118. The lowest BCUT2D eigenvalue weighted by atomic mass is 9.66. The van der Waals surface area contributed by atoms with Crippen molar-refractivity contribution in [3.8, 4) is 40.2 Å². The first kappa shape index (κ1) is 59.9. The highest BCUT2D eigenvalue weighted by molar-refractivity contribution is 5.86. The largest absolute Gasteiger partial charge is 0.381 e. The number of nitrogens with two attached hydrogens (primary N) is 3. The van der Waals surface area contributed by atoms with Crippen LogP contribution in [-0.2, 0) is 65.2 Å². The third-order valence-electron chi connectivity index (χ3n) is 21.8. The predicted molar refractivity (Wildman–Crippen MR) is 348 cm³/mol. The number of fused-ring (bicyclic) bond motifs is 10. The summed E-state index contributed by atoms with van der Waals surface area (Å²) in [6, 6.07) is 38.4. The normalized spacial score (nSPS) is 30.8. The van der Waals surface area contributed by atoms with Crippen molar-refractivity contribution in [3.05, 3.63) is 154 Å². The van der Waals surface area contributed by atoms with E-state index in [1.54, 1.807) is 15.2 Å². The number of aliphatic imine (C=N–C) groups is 3. The summed E-state index contributed by atoms with van der Waals surface area (Å²) in [5, 5.41) is 15.4. The summed E-state index contributed by atoms with van der Waals surface area (Å²) in [6.45, 7) is 5.65. The van der Waals surface area contributed by atoms with Gasteiger partial charge < -0.3 is 36.4 Å². The predicted octanol–water partition coefficient (Wildman–Crippen LogP) is 11.7. The van der Waals surface area contributed by atoms with Gasteiger partial charge in [-0.3, -0.25) is 0 Å². The number of methoxy groups -OCH3 is 1. The number of aromatic amines is 1. The minimum atomic E-state index is -0.804. The zero-order valence-electron chi connectivity index (χ0n) is 52.9. The van der Waals surface area contributed by atoms with Gasteiger partial charge in [-0.2, -0.15) is 5.26 Å². The molecule has 4 fully saturated rings. The van der Waals surface area contributed by atoms with Gasteiger partial charge >= 0.3 is 0 Å². The molecule has 3 atom stereocenters. The van der Waals surface area contributed by atoms with Gasteiger partial charge in [0.15, 0.2) is 0 Å². The maximum atomic E-state index is 9.30. The molecule has 6 spiro atoms. The van der Waals surface area contributed by atoms with Gasteiger partial charge in [-0.15, -0.1) is 0 Å². The van der Waals surface area contributed by atoms with E-state index in [9.17, 15) is 5.26 Å². The summed E-state index contributed by atoms with van der Waals surface area (Å²) < 4.78 is 17.5. The number of hydrogen-bond acceptors (Lipinski definition) is 16. The Labute approximate surface area is 528 Å². The minimum absolute atomic E-state index is 0.0686. The molecule has 0 saturated heterocycles. The molecule has 17 heteroatoms. The molecule has 4 heterocycles. The molecule has 90 heavy (non-hydrogen) atoms. The molecule has 468 valence electrons. The molecule has 0 amide bonds. The highest BCUT2D eigenvalue weighted by Crippen LogP contribution is 2.65. The van der Waals surface area contributed by atoms with Crippen molar-refractivity contribution in [1.29, 1.82) is 5.26 Å². The Kier molecular flexibility index (Phi) is 15.4. The summed E-state index contributed by atoms with van der Waals surface area (Å²) in [7, 11) is 7.33. The van der Waals surface area contributed by atoms with E-state index in [4.69, 9.17) is 60.9 Å². The van der Waals surface area contributed by atoms with Gasteiger partial charge in [-0.1, -0.05) is 66.4 Å². The summed E-state index contributed by atoms with van der Waals surface area (Å²) in [6.07, 6.45) is 20.4. The molecule has 17 nitrogen and oxygen atoms in total. The van der Waals surface area contributed by atoms with Gasteiger partial charge in [0.05, 0.1) is 29.9 Å². The van der Waals surface area contributed by atoms with E-state index in [0.29, 0.717) is 47.7 Å². The number of guanidine groups is 3. The number of nitrogens with one attached hydrogen (secondary N) is 1. The van der Waals surface area contributed by atoms with Gasteiger partial charge in [-0.05, 0) is 216 Å². The number of nitriles is 1. The molecule has 6 aromatic rings. The SMILES string of the molecule is CCOC1CCC2(CC1)Cc1ccc(-c3cccc(C#N)c3)cc1C21N=C(N)N(C)O1.CCOC1CCC2(CC1)Cc1ccc(C#CC3CC3)cc1C21N=C(N)N(C)O1.COC1CCC2(CC1)Cc1ccc(-c3ccc4cc[nH]c4c3)cc1C21N=C(N)N(C)O1. The van der Waals surface area contributed by atoms with Crippen LogP contribution in [0.4, 0.5) is 0 Å². The van der Waals surface area contributed by atoms with Crippen LogP contribution in [0.25, 0.3) is 33.2 Å². The topological polar surface area (TPSA) is 220 Å². The molecule has 7 aliphatic carbocycles. The maximum Gasteiger partial charge on any atom is 0.220 e. The Morgan fingerprint density at radius 2 is 0.978 bits per heavy atom. The van der Waals surface area contributed by atoms with Crippen molar-refractivity contribution in [3.63, 3.8) is 0 Å². The third kappa shape index (κ3) is 10.0. The average Bonchev–Trinajstić information content (AvgIpc) is 1.56. The fraction of sp³-hybridized carbons (Fsp3) is 0.479. The van der Waals surface area contributed by atoms with E-state index in [2.05, 4.69) is 116 Å². The van der Waals surface area contributed by atoms with Crippen LogP contribution in [0, 0.1) is 45.3 Å². The zero-order chi connectivity index (χ0) is 62.2. The lowest BCUT2D eigenvalue weighted by molar-refractivity contribution is -0.232. The van der Waals surface area contributed by atoms with E-state index >= 15 is 0 Å². The van der Waals surface area contributed by atoms with Crippen LogP contribution in [0.2, 0.25) is 0 Å². The van der Waals surface area contributed by atoms with Gasteiger partial charge in [0.2, 0.25) is 35.1 Å². The van der Waals surface area contributed by atoms with Gasteiger partial charge in [0.1, 0.15) is 0 Å². The molecule has 0 radical (unpaired) electrons. The molecule has 3 unspecified atom stereocenters. The van der Waals surface area contributed by atoms with Crippen molar-refractivity contribution in [1.82, 2.24) is 20.2 Å². The number of rotatable bonds is 7. The fourth-order valence-corrected chi connectivity index (χ4v) is 16.8. The molecular formula is C73H85N11O6. The van der Waals surface area contributed by atoms with Crippen LogP contribution < -0.4 is 17.2 Å². The molecule has 16 rings (SSSR count). The maximum absolute atomic E-state index is 9.30. The van der Waals surface area contributed by atoms with Crippen LogP contribution in [0.5, 0.6) is 0 Å². The second kappa shape index (κ2) is 23.2. The van der Waals surface area contributed by atoms with Crippen LogP contribution in [0.15, 0.2) is 124 Å². The minimum Gasteiger partial charge on any atom is -0.381 e. The number of hydrogen-bond donors (Lipinski definition) is 4. The van der Waals surface area contributed by atoms with Crippen molar-refractivity contribution >= 4 is 28.8 Å². The molecule has 1 aromatic heterocycles. The number of ether oxygens (including phenoxy) is 3. The Morgan fingerprint density at radius 1 is 0.533 bits per heavy atom. The quantitative estimate of drug-likeness (QED) is 0.109.